The molecule has 0 aliphatic carbocycles. The van der Waals surface area contributed by atoms with Gasteiger partial charge in [-0.15, -0.1) is 11.3 Å². The average molecular weight is 413 g/mol. The van der Waals surface area contributed by atoms with E-state index in [1.807, 2.05) is 65.7 Å². The molecule has 5 nitrogen and oxygen atoms in total. The highest BCUT2D eigenvalue weighted by Crippen LogP contribution is 2.44. The van der Waals surface area contributed by atoms with E-state index in [4.69, 9.17) is 0 Å². The Morgan fingerprint density at radius 1 is 1.18 bits per heavy atom. The molecule has 3 heterocycles. The molecule has 1 aliphatic rings. The number of para-hydroxylation sites is 1. The number of rotatable bonds is 4. The summed E-state index contributed by atoms with van der Waals surface area (Å²) in [7, 11) is 2.01. The second-order valence-corrected chi connectivity index (χ2v) is 8.50. The Morgan fingerprint density at radius 2 is 1.96 bits per heavy atom. The molecule has 0 radical (unpaired) electrons. The largest absolute Gasteiger partial charge is 0.390 e. The van der Waals surface area contributed by atoms with Crippen molar-refractivity contribution in [3.8, 4) is 0 Å². The van der Waals surface area contributed by atoms with E-state index in [0.717, 1.165) is 25.6 Å². The Hall–Kier alpha value is -2.35. The number of benzene rings is 1. The number of aliphatic hydroxyl groups is 1. The van der Waals surface area contributed by atoms with Crippen LogP contribution in [0.25, 0.3) is 11.1 Å². The van der Waals surface area contributed by atoms with Gasteiger partial charge in [-0.1, -0.05) is 23.9 Å². The third kappa shape index (κ3) is 3.30. The van der Waals surface area contributed by atoms with Crippen LogP contribution in [0.5, 0.6) is 0 Å². The predicted molar refractivity (Wildman–Crippen MR) is 115 cm³/mol. The number of fused-ring (bicyclic) bond motifs is 1. The number of pyridine rings is 1. The molecule has 1 aromatic carbocycles. The van der Waals surface area contributed by atoms with Crippen LogP contribution in [0.4, 0.5) is 5.69 Å². The second kappa shape index (κ2) is 7.95. The standard InChI is InChI=1S/C21H22N3O2S2/c1-3-24-18(14-15-8-6-7-11-23(15)12-13-25)28-19(20(24)26)21-22(2)16-9-4-5-10-17(16)27-21/h4-11,14,25H,3,12-13H2,1-2H3/q+1/b21-19+. The van der Waals surface area contributed by atoms with E-state index in [-0.39, 0.29) is 12.2 Å². The van der Waals surface area contributed by atoms with Gasteiger partial charge in [0, 0.05) is 36.7 Å². The van der Waals surface area contributed by atoms with Crippen molar-refractivity contribution in [2.75, 3.05) is 18.6 Å². The Kier molecular flexibility index (Phi) is 5.39. The lowest BCUT2D eigenvalue weighted by atomic mass is 10.3. The number of hydrogen-bond donors (Lipinski definition) is 1. The molecule has 0 saturated carbocycles. The second-order valence-electron chi connectivity index (χ2n) is 6.44. The zero-order valence-corrected chi connectivity index (χ0v) is 17.5. The van der Waals surface area contributed by atoms with Crippen LogP contribution >= 0.6 is 23.1 Å². The minimum Gasteiger partial charge on any atom is -0.390 e. The molecule has 0 bridgehead atoms. The number of nitrogens with zero attached hydrogens (tertiary/aromatic N) is 3. The van der Waals surface area contributed by atoms with Gasteiger partial charge in [-0.3, -0.25) is 9.36 Å². The summed E-state index contributed by atoms with van der Waals surface area (Å²) in [6.07, 6.45) is 3.97. The van der Waals surface area contributed by atoms with Gasteiger partial charge in [0.2, 0.25) is 5.69 Å². The first-order valence-electron chi connectivity index (χ1n) is 9.19. The van der Waals surface area contributed by atoms with E-state index < -0.39 is 0 Å². The molecule has 144 valence electrons. The van der Waals surface area contributed by atoms with E-state index >= 15 is 0 Å². The number of thiazole rings is 1. The van der Waals surface area contributed by atoms with Crippen molar-refractivity contribution in [1.29, 1.82) is 0 Å². The molecule has 4 rings (SSSR count). The van der Waals surface area contributed by atoms with E-state index in [0.29, 0.717) is 13.1 Å². The molecule has 0 spiro atoms. The summed E-state index contributed by atoms with van der Waals surface area (Å²) in [6, 6.07) is 14.1. The third-order valence-corrected chi connectivity index (χ3v) is 7.23. The summed E-state index contributed by atoms with van der Waals surface area (Å²) in [5.74, 6) is 0. The Labute approximate surface area is 171 Å². The SMILES string of the molecule is CCn1c(=O)/c(=C2\Sc3ccccc3N2C)s/c1=C\c1cccc[n+]1CCO. The van der Waals surface area contributed by atoms with Crippen molar-refractivity contribution in [2.45, 2.75) is 24.9 Å². The fourth-order valence-corrected chi connectivity index (χ4v) is 5.79. The number of aliphatic hydroxyl groups excluding tert-OH is 1. The summed E-state index contributed by atoms with van der Waals surface area (Å²) in [4.78, 5) is 16.4. The lowest BCUT2D eigenvalue weighted by Gasteiger charge is -2.11. The van der Waals surface area contributed by atoms with E-state index in [9.17, 15) is 9.90 Å². The van der Waals surface area contributed by atoms with Crippen molar-refractivity contribution >= 4 is 39.9 Å². The minimum atomic E-state index is 0.0468. The molecule has 0 unspecified atom stereocenters. The summed E-state index contributed by atoms with van der Waals surface area (Å²) < 4.78 is 5.49. The lowest BCUT2D eigenvalue weighted by molar-refractivity contribution is -0.699. The van der Waals surface area contributed by atoms with Gasteiger partial charge in [0.1, 0.15) is 20.8 Å². The molecule has 0 atom stereocenters. The van der Waals surface area contributed by atoms with Crippen LogP contribution in [0, 0.1) is 0 Å². The van der Waals surface area contributed by atoms with Crippen LogP contribution in [-0.2, 0) is 13.1 Å². The van der Waals surface area contributed by atoms with Crippen molar-refractivity contribution in [3.05, 3.63) is 73.9 Å². The fourth-order valence-electron chi connectivity index (χ4n) is 3.33. The highest BCUT2D eigenvalue weighted by Gasteiger charge is 2.24. The Morgan fingerprint density at radius 3 is 2.71 bits per heavy atom. The monoisotopic (exact) mass is 412 g/mol. The first-order valence-corrected chi connectivity index (χ1v) is 10.8. The van der Waals surface area contributed by atoms with Crippen LogP contribution in [0.1, 0.15) is 12.6 Å². The average Bonchev–Trinajstić information content (AvgIpc) is 3.20. The van der Waals surface area contributed by atoms with E-state index in [2.05, 4.69) is 17.0 Å². The van der Waals surface area contributed by atoms with E-state index in [1.54, 1.807) is 11.8 Å². The number of thioether (sulfide) groups is 1. The molecular weight excluding hydrogens is 390 g/mol. The maximum atomic E-state index is 13.2. The zero-order chi connectivity index (χ0) is 19.7. The van der Waals surface area contributed by atoms with Gasteiger partial charge in [-0.25, -0.2) is 0 Å². The van der Waals surface area contributed by atoms with Gasteiger partial charge >= 0.3 is 0 Å². The van der Waals surface area contributed by atoms with Gasteiger partial charge in [0.05, 0.1) is 5.69 Å². The smallest absolute Gasteiger partial charge is 0.271 e. The molecule has 3 aromatic rings. The molecule has 7 heteroatoms. The van der Waals surface area contributed by atoms with Crippen LogP contribution in [0.2, 0.25) is 0 Å². The van der Waals surface area contributed by atoms with Gasteiger partial charge in [-0.05, 0) is 25.1 Å². The molecule has 1 N–H and O–H groups in total. The lowest BCUT2D eigenvalue weighted by Crippen LogP contribution is -2.39. The molecule has 0 amide bonds. The maximum absolute atomic E-state index is 13.2. The summed E-state index contributed by atoms with van der Waals surface area (Å²) in [5.41, 5.74) is 2.14. The zero-order valence-electron chi connectivity index (χ0n) is 15.8. The molecule has 1 aliphatic heterocycles. The third-order valence-electron chi connectivity index (χ3n) is 4.75. The molecular formula is C21H22N3O2S2+. The first kappa shape index (κ1) is 19.0. The minimum absolute atomic E-state index is 0.0468. The van der Waals surface area contributed by atoms with Crippen molar-refractivity contribution < 1.29 is 9.67 Å². The molecule has 0 saturated heterocycles. The van der Waals surface area contributed by atoms with Crippen molar-refractivity contribution in [1.82, 2.24) is 4.57 Å². The summed E-state index contributed by atoms with van der Waals surface area (Å²) in [6.45, 7) is 3.20. The van der Waals surface area contributed by atoms with Crippen LogP contribution in [-0.4, -0.2) is 23.3 Å². The first-order chi connectivity index (χ1) is 13.6. The van der Waals surface area contributed by atoms with Crippen molar-refractivity contribution in [2.24, 2.45) is 0 Å². The Balaban J connectivity index is 1.91. The molecule has 2 aromatic heterocycles. The summed E-state index contributed by atoms with van der Waals surface area (Å²) >= 11 is 3.17. The number of hydrogen-bond acceptors (Lipinski definition) is 5. The van der Waals surface area contributed by atoms with Crippen LogP contribution < -0.4 is 24.2 Å². The van der Waals surface area contributed by atoms with Gasteiger partial charge in [0.15, 0.2) is 12.7 Å². The van der Waals surface area contributed by atoms with Gasteiger partial charge < -0.3 is 10.0 Å². The number of anilines is 1. The highest BCUT2D eigenvalue weighted by atomic mass is 32.2. The maximum Gasteiger partial charge on any atom is 0.271 e. The van der Waals surface area contributed by atoms with Crippen molar-refractivity contribution in [3.63, 3.8) is 0 Å². The van der Waals surface area contributed by atoms with Crippen LogP contribution in [0.15, 0.2) is 58.4 Å². The van der Waals surface area contributed by atoms with Gasteiger partial charge in [-0.2, -0.15) is 4.57 Å². The fraction of sp³-hybridized carbons (Fsp3) is 0.238. The molecule has 0 fully saturated rings. The predicted octanol–water partition coefficient (Wildman–Crippen LogP) is 1.35. The van der Waals surface area contributed by atoms with Gasteiger partial charge in [0.25, 0.3) is 5.56 Å². The number of aromatic nitrogens is 2. The molecule has 28 heavy (non-hydrogen) atoms. The topological polar surface area (TPSA) is 49.4 Å². The quantitative estimate of drug-likeness (QED) is 0.658. The summed E-state index contributed by atoms with van der Waals surface area (Å²) in [5, 5.41) is 10.3. The highest BCUT2D eigenvalue weighted by molar-refractivity contribution is 8.08. The Bertz CT molecular complexity index is 1200. The normalized spacial score (nSPS) is 16.0. The van der Waals surface area contributed by atoms with E-state index in [1.165, 1.54) is 16.2 Å². The van der Waals surface area contributed by atoms with Crippen LogP contribution in [0.3, 0.4) is 0 Å².